The molecule has 0 spiro atoms. The van der Waals surface area contributed by atoms with Crippen LogP contribution in [0.4, 0.5) is 9.59 Å². The number of nitrogens with one attached hydrogen (secondary N) is 3. The topological polar surface area (TPSA) is 181 Å². The number of ether oxygens (including phenoxy) is 2. The van der Waals surface area contributed by atoms with Gasteiger partial charge in [-0.25, -0.2) is 18.0 Å². The summed E-state index contributed by atoms with van der Waals surface area (Å²) in [6.07, 6.45) is 4.94. The van der Waals surface area contributed by atoms with Crippen molar-refractivity contribution in [2.75, 3.05) is 13.2 Å². The molecular formula is C38H53N5O9S. The third-order valence-corrected chi connectivity index (χ3v) is 13.0. The summed E-state index contributed by atoms with van der Waals surface area (Å²) >= 11 is 0. The molecular weight excluding hydrogens is 703 g/mol. The number of sulfonamides is 1. The second-order valence-corrected chi connectivity index (χ2v) is 19.1. The fraction of sp³-hybridized carbons (Fsp3) is 0.658. The Hall–Kier alpha value is -4.14. The van der Waals surface area contributed by atoms with Crippen LogP contribution in [0, 0.1) is 16.7 Å². The van der Waals surface area contributed by atoms with Gasteiger partial charge in [0.25, 0.3) is 5.91 Å². The minimum atomic E-state index is -3.88. The number of hydrogen-bond acceptors (Lipinski definition) is 9. The number of rotatable bonds is 6. The van der Waals surface area contributed by atoms with Crippen LogP contribution in [-0.2, 0) is 47.0 Å². The molecule has 290 valence electrons. The van der Waals surface area contributed by atoms with Crippen molar-refractivity contribution < 1.29 is 41.9 Å². The highest BCUT2D eigenvalue weighted by Gasteiger charge is 2.62. The average molecular weight is 756 g/mol. The molecule has 6 rings (SSSR count). The highest BCUT2D eigenvalue weighted by atomic mass is 32.2. The second kappa shape index (κ2) is 14.3. The van der Waals surface area contributed by atoms with Gasteiger partial charge >= 0.3 is 12.2 Å². The van der Waals surface area contributed by atoms with Crippen LogP contribution in [0.15, 0.2) is 24.3 Å². The summed E-state index contributed by atoms with van der Waals surface area (Å²) < 4.78 is 39.2. The molecule has 4 bridgehead atoms. The number of amides is 5. The van der Waals surface area contributed by atoms with E-state index in [4.69, 9.17) is 9.47 Å². The molecule has 3 heterocycles. The van der Waals surface area contributed by atoms with Crippen LogP contribution in [-0.4, -0.2) is 90.3 Å². The van der Waals surface area contributed by atoms with Crippen molar-refractivity contribution in [3.63, 3.8) is 0 Å². The maximum atomic E-state index is 14.5. The van der Waals surface area contributed by atoms with E-state index < -0.39 is 74.3 Å². The number of nitrogens with zero attached hydrogens (tertiary/aromatic N) is 2. The van der Waals surface area contributed by atoms with Gasteiger partial charge in [-0.3, -0.25) is 24.0 Å². The predicted octanol–water partition coefficient (Wildman–Crippen LogP) is 3.98. The number of cyclic esters (lactones) is 1. The molecule has 0 unspecified atom stereocenters. The van der Waals surface area contributed by atoms with Gasteiger partial charge < -0.3 is 25.0 Å². The fourth-order valence-electron chi connectivity index (χ4n) is 7.61. The highest BCUT2D eigenvalue weighted by Crippen LogP contribution is 2.47. The first-order chi connectivity index (χ1) is 24.8. The molecule has 1 aromatic carbocycles. The van der Waals surface area contributed by atoms with Crippen molar-refractivity contribution >= 4 is 46.0 Å². The standard InChI is InChI=1S/C38H53N5O9S/c1-7-25-18-38(25,33(46)41-53(49,50)27-14-15-27)40-31(44)29-17-26-20-43(29)32(45)30(36(2,3)4)39-34(47)51-22-37(5,6)16-9-8-11-23-12-10-13-24-19-42(21-28(23)24)35(48)52-26/h8,10-13,25-27,29-30H,7,9,14-22H2,1-6H3,(H,39,47)(H,40,44)(H,41,46)/b11-8+/t25-,26+,29-,30+,38+/m0/s1. The molecule has 5 amide bonds. The molecule has 3 N–H and O–H groups in total. The number of carbonyl (C=O) groups is 5. The van der Waals surface area contributed by atoms with Crippen molar-refractivity contribution in [3.8, 4) is 0 Å². The maximum absolute atomic E-state index is 14.5. The summed E-state index contributed by atoms with van der Waals surface area (Å²) in [5, 5.41) is 4.93. The average Bonchev–Trinajstić information content (AvgIpc) is 3.97. The van der Waals surface area contributed by atoms with Crippen LogP contribution in [0.3, 0.4) is 0 Å². The van der Waals surface area contributed by atoms with Gasteiger partial charge in [-0.2, -0.15) is 0 Å². The number of fused-ring (bicyclic) bond motifs is 3. The summed E-state index contributed by atoms with van der Waals surface area (Å²) in [5.74, 6) is -2.36. The summed E-state index contributed by atoms with van der Waals surface area (Å²) in [6.45, 7) is 11.8. The Morgan fingerprint density at radius 2 is 1.83 bits per heavy atom. The summed E-state index contributed by atoms with van der Waals surface area (Å²) in [4.78, 5) is 72.0. The van der Waals surface area contributed by atoms with E-state index in [0.29, 0.717) is 32.4 Å². The van der Waals surface area contributed by atoms with Crippen molar-refractivity contribution in [2.45, 2.75) is 129 Å². The minimum absolute atomic E-state index is 0.0670. The number of hydrogen-bond donors (Lipinski definition) is 3. The summed E-state index contributed by atoms with van der Waals surface area (Å²) in [6, 6.07) is 3.61. The van der Waals surface area contributed by atoms with Gasteiger partial charge in [0.1, 0.15) is 23.7 Å². The zero-order valence-electron chi connectivity index (χ0n) is 31.5. The molecule has 2 aliphatic carbocycles. The van der Waals surface area contributed by atoms with E-state index >= 15 is 0 Å². The largest absolute Gasteiger partial charge is 0.449 e. The van der Waals surface area contributed by atoms with E-state index in [1.54, 1.807) is 25.7 Å². The van der Waals surface area contributed by atoms with Gasteiger partial charge in [-0.05, 0) is 65.5 Å². The van der Waals surface area contributed by atoms with Crippen LogP contribution in [0.1, 0.15) is 103 Å². The quantitative estimate of drug-likeness (QED) is 0.387. The number of carbonyl (C=O) groups excluding carboxylic acids is 5. The zero-order valence-corrected chi connectivity index (χ0v) is 32.3. The Balaban J connectivity index is 1.29. The van der Waals surface area contributed by atoms with E-state index in [-0.39, 0.29) is 37.3 Å². The van der Waals surface area contributed by atoms with Gasteiger partial charge in [-0.1, -0.05) is 78.3 Å². The summed E-state index contributed by atoms with van der Waals surface area (Å²) in [5.41, 5.74) is 0.357. The normalized spacial score (nSPS) is 29.7. The smallest absolute Gasteiger partial charge is 0.410 e. The molecule has 3 aliphatic heterocycles. The van der Waals surface area contributed by atoms with E-state index in [0.717, 1.165) is 29.5 Å². The highest BCUT2D eigenvalue weighted by molar-refractivity contribution is 7.91. The first-order valence-corrected chi connectivity index (χ1v) is 20.2. The number of allylic oxidation sites excluding steroid dienone is 1. The SMILES string of the molecule is CC[C@H]1C[C@]1(NC(=O)[C@@H]1C[C@@H]2CN1C(=O)[C@H](C(C)(C)C)NC(=O)OCC(C)(C)CC/C=C/c1cccc3c1CN(C3)C(=O)O2)C(=O)NS(=O)(=O)C1CC1. The summed E-state index contributed by atoms with van der Waals surface area (Å²) in [7, 11) is -3.88. The Morgan fingerprint density at radius 1 is 1.09 bits per heavy atom. The first kappa shape index (κ1) is 38.6. The lowest BCUT2D eigenvalue weighted by atomic mass is 9.85. The molecule has 1 saturated heterocycles. The number of alkyl carbamates (subject to hydrolysis) is 1. The Bertz CT molecular complexity index is 1800. The van der Waals surface area contributed by atoms with Gasteiger partial charge in [0.2, 0.25) is 21.8 Å². The van der Waals surface area contributed by atoms with Gasteiger partial charge in [0.05, 0.1) is 24.9 Å². The minimum Gasteiger partial charge on any atom is -0.449 e. The van der Waals surface area contributed by atoms with Crippen LogP contribution in [0.25, 0.3) is 6.08 Å². The lowest BCUT2D eigenvalue weighted by Gasteiger charge is -2.35. The predicted molar refractivity (Wildman–Crippen MR) is 195 cm³/mol. The molecule has 0 radical (unpaired) electrons. The van der Waals surface area contributed by atoms with Gasteiger partial charge in [-0.15, -0.1) is 0 Å². The van der Waals surface area contributed by atoms with Crippen LogP contribution in [0.5, 0.6) is 0 Å². The maximum Gasteiger partial charge on any atom is 0.410 e. The molecule has 1 aromatic rings. The molecule has 15 heteroatoms. The van der Waals surface area contributed by atoms with Crippen LogP contribution in [0.2, 0.25) is 0 Å². The van der Waals surface area contributed by atoms with E-state index in [1.165, 1.54) is 4.90 Å². The van der Waals surface area contributed by atoms with Crippen molar-refractivity contribution in [1.82, 2.24) is 25.2 Å². The Morgan fingerprint density at radius 3 is 2.49 bits per heavy atom. The van der Waals surface area contributed by atoms with Gasteiger partial charge in [0.15, 0.2) is 0 Å². The van der Waals surface area contributed by atoms with E-state index in [2.05, 4.69) is 21.4 Å². The van der Waals surface area contributed by atoms with Crippen molar-refractivity contribution in [3.05, 3.63) is 41.0 Å². The third-order valence-electron chi connectivity index (χ3n) is 11.2. The fourth-order valence-corrected chi connectivity index (χ4v) is 8.98. The molecule has 2 saturated carbocycles. The first-order valence-electron chi connectivity index (χ1n) is 18.7. The number of benzene rings is 1. The Kier molecular flexibility index (Phi) is 10.4. The molecule has 53 heavy (non-hydrogen) atoms. The van der Waals surface area contributed by atoms with Crippen LogP contribution >= 0.6 is 0 Å². The van der Waals surface area contributed by atoms with Crippen LogP contribution < -0.4 is 15.4 Å². The lowest BCUT2D eigenvalue weighted by Crippen LogP contribution is -2.60. The molecule has 0 aromatic heterocycles. The third kappa shape index (κ3) is 8.34. The monoisotopic (exact) mass is 755 g/mol. The molecule has 3 fully saturated rings. The second-order valence-electron chi connectivity index (χ2n) is 17.2. The van der Waals surface area contributed by atoms with Crippen molar-refractivity contribution in [1.29, 1.82) is 0 Å². The van der Waals surface area contributed by atoms with E-state index in [9.17, 15) is 32.4 Å². The van der Waals surface area contributed by atoms with E-state index in [1.807, 2.05) is 45.0 Å². The van der Waals surface area contributed by atoms with Gasteiger partial charge in [0, 0.05) is 13.0 Å². The van der Waals surface area contributed by atoms with Crippen molar-refractivity contribution in [2.24, 2.45) is 16.7 Å². The lowest BCUT2D eigenvalue weighted by molar-refractivity contribution is -0.143. The molecule has 5 atom stereocenters. The zero-order chi connectivity index (χ0) is 38.5. The molecule has 5 aliphatic rings. The molecule has 14 nitrogen and oxygen atoms in total. The Labute approximate surface area is 311 Å².